The van der Waals surface area contributed by atoms with E-state index >= 15 is 0 Å². The van der Waals surface area contributed by atoms with Crippen molar-refractivity contribution in [1.82, 2.24) is 4.72 Å². The highest BCUT2D eigenvalue weighted by Gasteiger charge is 2.06. The summed E-state index contributed by atoms with van der Waals surface area (Å²) >= 11 is 1.85. The van der Waals surface area contributed by atoms with Gasteiger partial charge in [0.1, 0.15) is 0 Å². The number of rotatable bonds is 10. The molecule has 15 heavy (non-hydrogen) atoms. The molecule has 6 heteroatoms. The normalized spacial score (nSPS) is 11.9. The van der Waals surface area contributed by atoms with Gasteiger partial charge in [0.05, 0.1) is 5.75 Å². The van der Waals surface area contributed by atoms with Gasteiger partial charge in [0.15, 0.2) is 0 Å². The van der Waals surface area contributed by atoms with Crippen molar-refractivity contribution >= 4 is 21.8 Å². The Hall–Kier alpha value is 0.220. The van der Waals surface area contributed by atoms with Crippen molar-refractivity contribution in [2.75, 3.05) is 30.9 Å². The maximum absolute atomic E-state index is 11.2. The molecule has 0 saturated carbocycles. The van der Waals surface area contributed by atoms with Gasteiger partial charge in [-0.1, -0.05) is 12.8 Å². The van der Waals surface area contributed by atoms with Gasteiger partial charge in [0.2, 0.25) is 10.0 Å². The molecule has 0 fully saturated rings. The molecule has 3 N–H and O–H groups in total. The van der Waals surface area contributed by atoms with E-state index in [1.165, 1.54) is 18.6 Å². The predicted octanol–water partition coefficient (Wildman–Crippen LogP) is 0.788. The minimum Gasteiger partial charge on any atom is -0.329 e. The number of unbranched alkanes of at least 4 members (excludes halogenated alkanes) is 3. The van der Waals surface area contributed by atoms with Crippen LogP contribution in [0.25, 0.3) is 0 Å². The lowest BCUT2D eigenvalue weighted by Crippen LogP contribution is -2.30. The largest absolute Gasteiger partial charge is 0.329 e. The summed E-state index contributed by atoms with van der Waals surface area (Å²) in [6, 6.07) is 0. The number of nitrogens with one attached hydrogen (secondary N) is 1. The van der Waals surface area contributed by atoms with E-state index in [0.29, 0.717) is 6.54 Å². The van der Waals surface area contributed by atoms with E-state index in [9.17, 15) is 8.42 Å². The molecule has 0 aliphatic rings. The number of thioether (sulfide) groups is 1. The molecule has 0 aromatic carbocycles. The van der Waals surface area contributed by atoms with Crippen LogP contribution in [0, 0.1) is 0 Å². The van der Waals surface area contributed by atoms with Crippen LogP contribution in [0.2, 0.25) is 0 Å². The van der Waals surface area contributed by atoms with Crippen molar-refractivity contribution in [3.63, 3.8) is 0 Å². The molecule has 0 amide bonds. The fraction of sp³-hybridized carbons (Fsp3) is 1.00. The second-order valence-electron chi connectivity index (χ2n) is 3.41. The summed E-state index contributed by atoms with van der Waals surface area (Å²) in [6.07, 6.45) is 6.50. The topological polar surface area (TPSA) is 72.2 Å². The zero-order chi connectivity index (χ0) is 11.6. The molecule has 0 radical (unpaired) electrons. The van der Waals surface area contributed by atoms with Gasteiger partial charge < -0.3 is 5.73 Å². The Morgan fingerprint density at radius 3 is 2.47 bits per heavy atom. The molecule has 0 saturated heterocycles. The summed E-state index contributed by atoms with van der Waals surface area (Å²) in [4.78, 5) is 0. The van der Waals surface area contributed by atoms with Crippen molar-refractivity contribution in [3.8, 4) is 0 Å². The number of sulfonamides is 1. The molecular formula is C9H22N2O2S2. The van der Waals surface area contributed by atoms with Crippen LogP contribution in [-0.4, -0.2) is 39.3 Å². The lowest BCUT2D eigenvalue weighted by atomic mass is 10.2. The highest BCUT2D eigenvalue weighted by molar-refractivity contribution is 7.98. The van der Waals surface area contributed by atoms with E-state index < -0.39 is 10.0 Å². The lowest BCUT2D eigenvalue weighted by molar-refractivity contribution is 0.574. The van der Waals surface area contributed by atoms with Crippen LogP contribution in [0.3, 0.4) is 0 Å². The molecule has 0 aromatic rings. The van der Waals surface area contributed by atoms with Gasteiger partial charge in [-0.3, -0.25) is 0 Å². The van der Waals surface area contributed by atoms with Gasteiger partial charge in [0.25, 0.3) is 0 Å². The zero-order valence-corrected chi connectivity index (χ0v) is 11.0. The first kappa shape index (κ1) is 15.2. The molecule has 4 nitrogen and oxygen atoms in total. The molecule has 0 atom stereocenters. The Kier molecular flexibility index (Phi) is 9.58. The summed E-state index contributed by atoms with van der Waals surface area (Å²) in [5, 5.41) is 0. The molecule has 0 heterocycles. The molecular weight excluding hydrogens is 232 g/mol. The maximum Gasteiger partial charge on any atom is 0.212 e. The highest BCUT2D eigenvalue weighted by Crippen LogP contribution is 2.03. The first-order chi connectivity index (χ1) is 7.12. The predicted molar refractivity (Wildman–Crippen MR) is 67.7 cm³/mol. The van der Waals surface area contributed by atoms with Gasteiger partial charge in [-0.2, -0.15) is 11.8 Å². The molecule has 0 aromatic heterocycles. The molecule has 0 rings (SSSR count). The van der Waals surface area contributed by atoms with E-state index in [4.69, 9.17) is 5.73 Å². The summed E-state index contributed by atoms with van der Waals surface area (Å²) in [7, 11) is -3.11. The molecule has 0 aliphatic heterocycles. The van der Waals surface area contributed by atoms with E-state index in [2.05, 4.69) is 11.0 Å². The minimum absolute atomic E-state index is 0.0273. The average Bonchev–Trinajstić information content (AvgIpc) is 2.16. The summed E-state index contributed by atoms with van der Waals surface area (Å²) in [5.74, 6) is 1.22. The molecule has 0 aliphatic carbocycles. The van der Waals surface area contributed by atoms with Crippen LogP contribution < -0.4 is 10.5 Å². The van der Waals surface area contributed by atoms with Crippen LogP contribution in [0.4, 0.5) is 0 Å². The van der Waals surface area contributed by atoms with Gasteiger partial charge in [0, 0.05) is 13.1 Å². The van der Waals surface area contributed by atoms with Gasteiger partial charge in [-0.05, 0) is 24.9 Å². The van der Waals surface area contributed by atoms with Crippen molar-refractivity contribution in [3.05, 3.63) is 0 Å². The zero-order valence-electron chi connectivity index (χ0n) is 9.37. The average molecular weight is 254 g/mol. The Labute approximate surface area is 97.4 Å². The van der Waals surface area contributed by atoms with Crippen LogP contribution in [0.5, 0.6) is 0 Å². The van der Waals surface area contributed by atoms with Crippen molar-refractivity contribution in [2.24, 2.45) is 5.73 Å². The lowest BCUT2D eigenvalue weighted by Gasteiger charge is -2.04. The fourth-order valence-corrected chi connectivity index (χ4v) is 2.58. The second kappa shape index (κ2) is 9.45. The summed E-state index contributed by atoms with van der Waals surface area (Å²) < 4.78 is 24.9. The molecule has 92 valence electrons. The minimum atomic E-state index is -3.11. The monoisotopic (exact) mass is 254 g/mol. The standard InChI is InChI=1S/C9H22N2O2S2/c1-14-8-5-3-2-4-7-11-15(12,13)9-6-10/h11H,2-10H2,1H3. The van der Waals surface area contributed by atoms with Crippen molar-refractivity contribution < 1.29 is 8.42 Å². The Bertz CT molecular complexity index is 230. The Morgan fingerprint density at radius 2 is 1.87 bits per heavy atom. The van der Waals surface area contributed by atoms with Crippen LogP contribution in [-0.2, 0) is 10.0 Å². The number of hydrogen-bond donors (Lipinski definition) is 2. The first-order valence-corrected chi connectivity index (χ1v) is 8.33. The quantitative estimate of drug-likeness (QED) is 0.565. The molecule has 0 bridgehead atoms. The smallest absolute Gasteiger partial charge is 0.212 e. The van der Waals surface area contributed by atoms with Crippen LogP contribution in [0.15, 0.2) is 0 Å². The number of nitrogens with two attached hydrogens (primary N) is 1. The van der Waals surface area contributed by atoms with Crippen molar-refractivity contribution in [1.29, 1.82) is 0 Å². The Morgan fingerprint density at radius 1 is 1.20 bits per heavy atom. The fourth-order valence-electron chi connectivity index (χ4n) is 1.18. The van der Waals surface area contributed by atoms with Crippen molar-refractivity contribution in [2.45, 2.75) is 25.7 Å². The van der Waals surface area contributed by atoms with Gasteiger partial charge in [-0.25, -0.2) is 13.1 Å². The number of hydrogen-bond acceptors (Lipinski definition) is 4. The third-order valence-electron chi connectivity index (χ3n) is 1.98. The van der Waals surface area contributed by atoms with E-state index in [1.807, 2.05) is 11.8 Å². The van der Waals surface area contributed by atoms with Gasteiger partial charge >= 0.3 is 0 Å². The van der Waals surface area contributed by atoms with Gasteiger partial charge in [-0.15, -0.1) is 0 Å². The first-order valence-electron chi connectivity index (χ1n) is 5.28. The molecule has 0 spiro atoms. The van der Waals surface area contributed by atoms with E-state index in [-0.39, 0.29) is 12.3 Å². The second-order valence-corrected chi connectivity index (χ2v) is 6.32. The van der Waals surface area contributed by atoms with E-state index in [0.717, 1.165) is 12.8 Å². The highest BCUT2D eigenvalue weighted by atomic mass is 32.2. The third-order valence-corrected chi connectivity index (χ3v) is 4.10. The third kappa shape index (κ3) is 10.5. The van der Waals surface area contributed by atoms with Crippen LogP contribution >= 0.6 is 11.8 Å². The summed E-state index contributed by atoms with van der Waals surface area (Å²) in [5.41, 5.74) is 5.18. The maximum atomic E-state index is 11.2. The SMILES string of the molecule is CSCCCCCCNS(=O)(=O)CCN. The summed E-state index contributed by atoms with van der Waals surface area (Å²) in [6.45, 7) is 0.727. The Balaban J connectivity index is 3.31. The van der Waals surface area contributed by atoms with Crippen LogP contribution in [0.1, 0.15) is 25.7 Å². The van der Waals surface area contributed by atoms with E-state index in [1.54, 1.807) is 0 Å². The molecule has 0 unspecified atom stereocenters.